The predicted octanol–water partition coefficient (Wildman–Crippen LogP) is 2.49. The lowest BCUT2D eigenvalue weighted by Gasteiger charge is -2.34. The highest BCUT2D eigenvalue weighted by atomic mass is 16.2. The summed E-state index contributed by atoms with van der Waals surface area (Å²) in [4.78, 5) is 30.9. The minimum absolute atomic E-state index is 0.102. The highest BCUT2D eigenvalue weighted by Gasteiger charge is 2.32. The summed E-state index contributed by atoms with van der Waals surface area (Å²) < 4.78 is 0. The molecule has 5 heteroatoms. The summed E-state index contributed by atoms with van der Waals surface area (Å²) in [6.07, 6.45) is 5.91. The molecule has 1 aliphatic rings. The van der Waals surface area contributed by atoms with Gasteiger partial charge in [0.05, 0.1) is 5.56 Å². The van der Waals surface area contributed by atoms with E-state index in [0.717, 1.165) is 24.0 Å². The highest BCUT2D eigenvalue weighted by molar-refractivity contribution is 5.98. The summed E-state index contributed by atoms with van der Waals surface area (Å²) in [6, 6.07) is 11.3. The Morgan fingerprint density at radius 3 is 2.67 bits per heavy atom. The van der Waals surface area contributed by atoms with Crippen LogP contribution in [-0.2, 0) is 4.79 Å². The molecule has 2 heterocycles. The van der Waals surface area contributed by atoms with Gasteiger partial charge in [-0.25, -0.2) is 0 Å². The van der Waals surface area contributed by atoms with Crippen molar-refractivity contribution in [2.75, 3.05) is 13.6 Å². The fourth-order valence-corrected chi connectivity index (χ4v) is 3.13. The van der Waals surface area contributed by atoms with Gasteiger partial charge in [-0.3, -0.25) is 14.6 Å². The van der Waals surface area contributed by atoms with Crippen molar-refractivity contribution < 1.29 is 9.59 Å². The second-order valence-corrected chi connectivity index (χ2v) is 5.95. The first-order valence-corrected chi connectivity index (χ1v) is 8.23. The number of benzene rings is 1. The molecule has 3 rings (SSSR count). The molecule has 0 spiro atoms. The molecule has 1 N–H and O–H groups in total. The van der Waals surface area contributed by atoms with Crippen LogP contribution in [0.5, 0.6) is 0 Å². The molecule has 2 amide bonds. The van der Waals surface area contributed by atoms with Crippen LogP contribution in [0.15, 0.2) is 48.8 Å². The van der Waals surface area contributed by atoms with Crippen LogP contribution in [0.1, 0.15) is 29.6 Å². The quantitative estimate of drug-likeness (QED) is 0.944. The molecule has 24 heavy (non-hydrogen) atoms. The van der Waals surface area contributed by atoms with E-state index in [1.165, 1.54) is 0 Å². The fraction of sp³-hybridized carbons (Fsp3) is 0.316. The Morgan fingerprint density at radius 2 is 1.92 bits per heavy atom. The van der Waals surface area contributed by atoms with Crippen molar-refractivity contribution >= 4 is 11.8 Å². The van der Waals surface area contributed by atoms with E-state index in [-0.39, 0.29) is 11.8 Å². The van der Waals surface area contributed by atoms with E-state index in [2.05, 4.69) is 10.3 Å². The van der Waals surface area contributed by atoms with Crippen LogP contribution in [0, 0.1) is 0 Å². The van der Waals surface area contributed by atoms with Crippen molar-refractivity contribution in [1.82, 2.24) is 15.2 Å². The number of nitrogens with one attached hydrogen (secondary N) is 1. The minimum Gasteiger partial charge on any atom is -0.357 e. The van der Waals surface area contributed by atoms with Crippen LogP contribution in [0.3, 0.4) is 0 Å². The van der Waals surface area contributed by atoms with E-state index in [4.69, 9.17) is 0 Å². The molecule has 0 unspecified atom stereocenters. The second kappa shape index (κ2) is 7.25. The Bertz CT molecular complexity index is 730. The molecule has 124 valence electrons. The number of likely N-dealkylation sites (N-methyl/N-ethyl adjacent to an activating group) is 1. The molecule has 1 fully saturated rings. The number of amides is 2. The van der Waals surface area contributed by atoms with Crippen LogP contribution in [-0.4, -0.2) is 41.3 Å². The smallest absolute Gasteiger partial charge is 0.256 e. The van der Waals surface area contributed by atoms with Gasteiger partial charge in [-0.15, -0.1) is 0 Å². The first kappa shape index (κ1) is 16.2. The fourth-order valence-electron chi connectivity index (χ4n) is 3.13. The molecular weight excluding hydrogens is 302 g/mol. The number of nitrogens with zero attached hydrogens (tertiary/aromatic N) is 2. The zero-order valence-electron chi connectivity index (χ0n) is 13.7. The second-order valence-electron chi connectivity index (χ2n) is 5.95. The lowest BCUT2D eigenvalue weighted by molar-refractivity contribution is -0.126. The summed E-state index contributed by atoms with van der Waals surface area (Å²) in [6.45, 7) is 0.604. The summed E-state index contributed by atoms with van der Waals surface area (Å²) in [7, 11) is 1.61. The maximum absolute atomic E-state index is 12.9. The van der Waals surface area contributed by atoms with Gasteiger partial charge in [-0.05, 0) is 30.9 Å². The average molecular weight is 323 g/mol. The highest BCUT2D eigenvalue weighted by Crippen LogP contribution is 2.23. The molecule has 0 saturated carbocycles. The van der Waals surface area contributed by atoms with Crippen LogP contribution < -0.4 is 5.32 Å². The molecule has 0 bridgehead atoms. The van der Waals surface area contributed by atoms with Gasteiger partial charge in [0.25, 0.3) is 5.91 Å². The Morgan fingerprint density at radius 1 is 1.12 bits per heavy atom. The number of hydrogen-bond donors (Lipinski definition) is 1. The van der Waals surface area contributed by atoms with Gasteiger partial charge in [0.2, 0.25) is 5.91 Å². The number of piperidine rings is 1. The van der Waals surface area contributed by atoms with Gasteiger partial charge in [-0.2, -0.15) is 0 Å². The Balaban J connectivity index is 1.88. The lowest BCUT2D eigenvalue weighted by Crippen LogP contribution is -2.51. The first-order chi connectivity index (χ1) is 11.7. The Hall–Kier alpha value is -2.69. The standard InChI is InChI=1S/C19H21N3O2/c1-20-18(23)17-9-5-6-10-22(17)19(24)16-11-15(12-21-13-16)14-7-3-2-4-8-14/h2-4,7-8,11-13,17H,5-6,9-10H2,1H3,(H,20,23)/t17-/m0/s1. The zero-order chi connectivity index (χ0) is 16.9. The molecule has 0 aliphatic carbocycles. The van der Waals surface area contributed by atoms with E-state index < -0.39 is 6.04 Å². The monoisotopic (exact) mass is 323 g/mol. The van der Waals surface area contributed by atoms with E-state index in [9.17, 15) is 9.59 Å². The molecule has 1 aliphatic heterocycles. The third-order valence-corrected chi connectivity index (χ3v) is 4.41. The van der Waals surface area contributed by atoms with Crippen LogP contribution in [0.25, 0.3) is 11.1 Å². The molecule has 1 atom stereocenters. The summed E-state index contributed by atoms with van der Waals surface area (Å²) in [5, 5.41) is 2.66. The molecule has 1 saturated heterocycles. The van der Waals surface area contributed by atoms with Crippen molar-refractivity contribution in [3.63, 3.8) is 0 Å². The SMILES string of the molecule is CNC(=O)[C@@H]1CCCCN1C(=O)c1cncc(-c2ccccc2)c1. The van der Waals surface area contributed by atoms with Crippen LogP contribution in [0.2, 0.25) is 0 Å². The van der Waals surface area contributed by atoms with Gasteiger partial charge in [-0.1, -0.05) is 30.3 Å². The zero-order valence-corrected chi connectivity index (χ0v) is 13.7. The van der Waals surface area contributed by atoms with Gasteiger partial charge in [0, 0.05) is 31.5 Å². The number of aromatic nitrogens is 1. The number of carbonyl (C=O) groups excluding carboxylic acids is 2. The van der Waals surface area contributed by atoms with E-state index in [1.807, 2.05) is 36.4 Å². The third kappa shape index (κ3) is 3.30. The van der Waals surface area contributed by atoms with Crippen molar-refractivity contribution in [3.05, 3.63) is 54.4 Å². The lowest BCUT2D eigenvalue weighted by atomic mass is 9.99. The van der Waals surface area contributed by atoms with Crippen LogP contribution >= 0.6 is 0 Å². The van der Waals surface area contributed by atoms with E-state index >= 15 is 0 Å². The van der Waals surface area contributed by atoms with Gasteiger partial charge in [0.15, 0.2) is 0 Å². The van der Waals surface area contributed by atoms with Gasteiger partial charge >= 0.3 is 0 Å². The number of pyridine rings is 1. The Labute approximate surface area is 141 Å². The maximum atomic E-state index is 12.9. The number of rotatable bonds is 3. The predicted molar refractivity (Wildman–Crippen MR) is 92.4 cm³/mol. The number of hydrogen-bond acceptors (Lipinski definition) is 3. The molecule has 2 aromatic rings. The topological polar surface area (TPSA) is 62.3 Å². The van der Waals surface area contributed by atoms with Crippen molar-refractivity contribution in [1.29, 1.82) is 0 Å². The van der Waals surface area contributed by atoms with Crippen molar-refractivity contribution in [2.24, 2.45) is 0 Å². The van der Waals surface area contributed by atoms with Gasteiger partial charge < -0.3 is 10.2 Å². The van der Waals surface area contributed by atoms with Crippen molar-refractivity contribution in [2.45, 2.75) is 25.3 Å². The van der Waals surface area contributed by atoms with Gasteiger partial charge in [0.1, 0.15) is 6.04 Å². The van der Waals surface area contributed by atoms with Crippen molar-refractivity contribution in [3.8, 4) is 11.1 Å². The molecule has 1 aromatic carbocycles. The maximum Gasteiger partial charge on any atom is 0.256 e. The molecular formula is C19H21N3O2. The largest absolute Gasteiger partial charge is 0.357 e. The number of likely N-dealkylation sites (tertiary alicyclic amines) is 1. The van der Waals surface area contributed by atoms with Crippen LogP contribution in [0.4, 0.5) is 0 Å². The van der Waals surface area contributed by atoms with E-state index in [0.29, 0.717) is 18.5 Å². The molecule has 5 nitrogen and oxygen atoms in total. The van der Waals surface area contributed by atoms with E-state index in [1.54, 1.807) is 24.3 Å². The average Bonchev–Trinajstić information content (AvgIpc) is 2.67. The number of carbonyl (C=O) groups is 2. The summed E-state index contributed by atoms with van der Waals surface area (Å²) in [5.41, 5.74) is 2.43. The molecule has 0 radical (unpaired) electrons. The first-order valence-electron chi connectivity index (χ1n) is 8.23. The Kier molecular flexibility index (Phi) is 4.89. The minimum atomic E-state index is -0.392. The summed E-state index contributed by atoms with van der Waals surface area (Å²) in [5.74, 6) is -0.233. The molecule has 1 aromatic heterocycles. The third-order valence-electron chi connectivity index (χ3n) is 4.41. The summed E-state index contributed by atoms with van der Waals surface area (Å²) >= 11 is 0. The normalized spacial score (nSPS) is 17.4.